The molecular formula is C18H13ClFN5O3. The first-order chi connectivity index (χ1) is 13.4. The van der Waals surface area contributed by atoms with Crippen molar-refractivity contribution in [2.24, 2.45) is 10.3 Å². The highest BCUT2D eigenvalue weighted by atomic mass is 35.5. The predicted molar refractivity (Wildman–Crippen MR) is 98.1 cm³/mol. The maximum Gasteiger partial charge on any atom is 0.263 e. The maximum absolute atomic E-state index is 13.1. The van der Waals surface area contributed by atoms with Crippen LogP contribution in [0, 0.1) is 5.82 Å². The lowest BCUT2D eigenvalue weighted by atomic mass is 10.1. The Balaban J connectivity index is 1.48. The van der Waals surface area contributed by atoms with E-state index in [1.54, 1.807) is 24.3 Å². The molecule has 0 radical (unpaired) electrons. The molecule has 4 rings (SSSR count). The van der Waals surface area contributed by atoms with Gasteiger partial charge in [0.2, 0.25) is 5.91 Å². The zero-order chi connectivity index (χ0) is 19.8. The van der Waals surface area contributed by atoms with E-state index in [1.807, 2.05) is 0 Å². The van der Waals surface area contributed by atoms with Crippen LogP contribution in [-0.2, 0) is 14.4 Å². The molecule has 2 aliphatic heterocycles. The van der Waals surface area contributed by atoms with E-state index in [1.165, 1.54) is 17.1 Å². The van der Waals surface area contributed by atoms with Crippen LogP contribution in [0.2, 0.25) is 5.02 Å². The fraction of sp³-hybridized carbons (Fsp3) is 0.167. The molecule has 2 heterocycles. The summed E-state index contributed by atoms with van der Waals surface area (Å²) in [6.07, 6.45) is 0. The number of nitrogens with zero attached hydrogens (tertiary/aromatic N) is 4. The predicted octanol–water partition coefficient (Wildman–Crippen LogP) is 2.41. The molecule has 3 amide bonds. The van der Waals surface area contributed by atoms with Crippen LogP contribution >= 0.6 is 11.6 Å². The van der Waals surface area contributed by atoms with Gasteiger partial charge in [0.15, 0.2) is 12.1 Å². The van der Waals surface area contributed by atoms with E-state index in [-0.39, 0.29) is 12.2 Å². The fourth-order valence-corrected chi connectivity index (χ4v) is 3.30. The van der Waals surface area contributed by atoms with Crippen molar-refractivity contribution in [2.45, 2.75) is 12.1 Å². The quantitative estimate of drug-likeness (QED) is 0.796. The molecule has 0 aliphatic carbocycles. The average Bonchev–Trinajstić information content (AvgIpc) is 3.16. The standard InChI is InChI=1S/C18H13ClFN5O3/c19-10-2-1-3-12(8-10)21-14(26)9-24-16-15(22-23-24)17(27)25(18(16)28)13-6-4-11(20)5-7-13/h1-8,15-16H,9H2,(H,21,26)/t15-,16-/m0/s1. The summed E-state index contributed by atoms with van der Waals surface area (Å²) in [5.74, 6) is -2.06. The molecule has 2 atom stereocenters. The number of amides is 3. The summed E-state index contributed by atoms with van der Waals surface area (Å²) < 4.78 is 13.1. The highest BCUT2D eigenvalue weighted by Crippen LogP contribution is 2.31. The number of fused-ring (bicyclic) bond motifs is 1. The third kappa shape index (κ3) is 3.20. The van der Waals surface area contributed by atoms with E-state index < -0.39 is 35.6 Å². The molecule has 1 fully saturated rings. The lowest BCUT2D eigenvalue weighted by Crippen LogP contribution is -2.43. The van der Waals surface area contributed by atoms with Gasteiger partial charge >= 0.3 is 0 Å². The highest BCUT2D eigenvalue weighted by Gasteiger charge is 2.55. The molecule has 28 heavy (non-hydrogen) atoms. The van der Waals surface area contributed by atoms with Crippen molar-refractivity contribution in [3.8, 4) is 0 Å². The summed E-state index contributed by atoms with van der Waals surface area (Å²) in [5, 5.41) is 11.9. The van der Waals surface area contributed by atoms with Crippen LogP contribution in [-0.4, -0.2) is 41.4 Å². The number of carbonyl (C=O) groups is 3. The van der Waals surface area contributed by atoms with Crippen molar-refractivity contribution >= 4 is 40.7 Å². The number of carbonyl (C=O) groups excluding carboxylic acids is 3. The summed E-state index contributed by atoms with van der Waals surface area (Å²) in [7, 11) is 0. The maximum atomic E-state index is 13.1. The van der Waals surface area contributed by atoms with Gasteiger partial charge < -0.3 is 5.32 Å². The van der Waals surface area contributed by atoms with Gasteiger partial charge in [-0.2, -0.15) is 5.11 Å². The Morgan fingerprint density at radius 3 is 2.61 bits per heavy atom. The van der Waals surface area contributed by atoms with Gasteiger partial charge in [0.05, 0.1) is 5.69 Å². The molecule has 0 saturated carbocycles. The van der Waals surface area contributed by atoms with Crippen molar-refractivity contribution in [2.75, 3.05) is 16.8 Å². The van der Waals surface area contributed by atoms with E-state index >= 15 is 0 Å². The minimum Gasteiger partial charge on any atom is -0.324 e. The molecule has 2 aromatic carbocycles. The fourth-order valence-electron chi connectivity index (χ4n) is 3.11. The molecule has 142 valence electrons. The summed E-state index contributed by atoms with van der Waals surface area (Å²) in [6, 6.07) is 9.53. The minimum absolute atomic E-state index is 0.240. The molecular weight excluding hydrogens is 389 g/mol. The molecule has 2 aliphatic rings. The van der Waals surface area contributed by atoms with Crippen LogP contribution in [0.3, 0.4) is 0 Å². The third-order valence-electron chi connectivity index (χ3n) is 4.36. The largest absolute Gasteiger partial charge is 0.324 e. The summed E-state index contributed by atoms with van der Waals surface area (Å²) >= 11 is 5.88. The molecule has 1 saturated heterocycles. The first-order valence-corrected chi connectivity index (χ1v) is 8.68. The monoisotopic (exact) mass is 401 g/mol. The van der Waals surface area contributed by atoms with Crippen LogP contribution in [0.15, 0.2) is 58.9 Å². The van der Waals surface area contributed by atoms with Crippen LogP contribution < -0.4 is 10.2 Å². The molecule has 0 aromatic heterocycles. The zero-order valence-corrected chi connectivity index (χ0v) is 15.0. The Labute approximate surface area is 163 Å². The SMILES string of the molecule is O=C(CN1N=N[C@@H]2C(=O)N(c3ccc(F)cc3)C(=O)[C@H]21)Nc1cccc(Cl)c1. The van der Waals surface area contributed by atoms with Gasteiger partial charge in [0.25, 0.3) is 11.8 Å². The first-order valence-electron chi connectivity index (χ1n) is 8.30. The molecule has 0 unspecified atom stereocenters. The van der Waals surface area contributed by atoms with Crippen LogP contribution in [0.25, 0.3) is 0 Å². The van der Waals surface area contributed by atoms with Crippen molar-refractivity contribution in [3.05, 3.63) is 59.4 Å². The first kappa shape index (κ1) is 18.1. The van der Waals surface area contributed by atoms with Crippen molar-refractivity contribution < 1.29 is 18.8 Å². The van der Waals surface area contributed by atoms with E-state index in [2.05, 4.69) is 15.7 Å². The Bertz CT molecular complexity index is 997. The number of rotatable bonds is 4. The Morgan fingerprint density at radius 1 is 1.14 bits per heavy atom. The number of hydrogen-bond acceptors (Lipinski definition) is 6. The van der Waals surface area contributed by atoms with E-state index in [9.17, 15) is 18.8 Å². The second-order valence-corrected chi connectivity index (χ2v) is 6.68. The lowest BCUT2D eigenvalue weighted by molar-refractivity contribution is -0.123. The van der Waals surface area contributed by atoms with Crippen LogP contribution in [0.1, 0.15) is 0 Å². The van der Waals surface area contributed by atoms with Gasteiger partial charge in [0, 0.05) is 10.7 Å². The Hall–Kier alpha value is -3.33. The van der Waals surface area contributed by atoms with Crippen LogP contribution in [0.5, 0.6) is 0 Å². The Morgan fingerprint density at radius 2 is 1.89 bits per heavy atom. The van der Waals surface area contributed by atoms with Gasteiger partial charge in [-0.25, -0.2) is 9.29 Å². The van der Waals surface area contributed by atoms with Gasteiger partial charge in [-0.05, 0) is 42.5 Å². The number of benzene rings is 2. The number of nitrogens with one attached hydrogen (secondary N) is 1. The topological polar surface area (TPSA) is 94.4 Å². The Kier molecular flexibility index (Phi) is 4.52. The van der Waals surface area contributed by atoms with Gasteiger partial charge in [-0.15, -0.1) is 0 Å². The second kappa shape index (κ2) is 7.01. The smallest absolute Gasteiger partial charge is 0.263 e. The number of hydrogen-bond donors (Lipinski definition) is 1. The van der Waals surface area contributed by atoms with E-state index in [0.29, 0.717) is 10.7 Å². The summed E-state index contributed by atoms with van der Waals surface area (Å²) in [4.78, 5) is 38.6. The molecule has 0 spiro atoms. The summed E-state index contributed by atoms with van der Waals surface area (Å²) in [6.45, 7) is -0.270. The number of halogens is 2. The number of anilines is 2. The van der Waals surface area contributed by atoms with Crippen molar-refractivity contribution in [3.63, 3.8) is 0 Å². The minimum atomic E-state index is -1.03. The van der Waals surface area contributed by atoms with Crippen molar-refractivity contribution in [1.29, 1.82) is 0 Å². The van der Waals surface area contributed by atoms with E-state index in [0.717, 1.165) is 17.0 Å². The van der Waals surface area contributed by atoms with Crippen LogP contribution in [0.4, 0.5) is 15.8 Å². The van der Waals surface area contributed by atoms with Crippen molar-refractivity contribution in [1.82, 2.24) is 5.01 Å². The highest BCUT2D eigenvalue weighted by molar-refractivity contribution is 6.31. The van der Waals surface area contributed by atoms with E-state index in [4.69, 9.17) is 11.6 Å². The zero-order valence-electron chi connectivity index (χ0n) is 14.3. The number of imide groups is 1. The van der Waals surface area contributed by atoms with Gasteiger partial charge in [-0.1, -0.05) is 22.9 Å². The third-order valence-corrected chi connectivity index (χ3v) is 4.59. The molecule has 2 aromatic rings. The average molecular weight is 402 g/mol. The van der Waals surface area contributed by atoms with Gasteiger partial charge in [0.1, 0.15) is 12.4 Å². The van der Waals surface area contributed by atoms with Gasteiger partial charge in [-0.3, -0.25) is 19.4 Å². The summed E-state index contributed by atoms with van der Waals surface area (Å²) in [5.41, 5.74) is 0.733. The normalized spacial score (nSPS) is 20.6. The second-order valence-electron chi connectivity index (χ2n) is 6.24. The molecule has 0 bridgehead atoms. The molecule has 10 heteroatoms. The molecule has 8 nitrogen and oxygen atoms in total. The lowest BCUT2D eigenvalue weighted by Gasteiger charge is -2.20. The molecule has 1 N–H and O–H groups in total.